The van der Waals surface area contributed by atoms with Crippen molar-refractivity contribution in [3.05, 3.63) is 96.6 Å². The Morgan fingerprint density at radius 3 is 2.44 bits per heavy atom. The first-order valence-electron chi connectivity index (χ1n) is 10.6. The zero-order chi connectivity index (χ0) is 21.9. The number of fused-ring (bicyclic) bond motifs is 1. The minimum atomic E-state index is -0.169. The van der Waals surface area contributed by atoms with Gasteiger partial charge in [-0.15, -0.1) is 0 Å². The summed E-state index contributed by atoms with van der Waals surface area (Å²) in [7, 11) is 0. The Morgan fingerprint density at radius 2 is 1.66 bits per heavy atom. The summed E-state index contributed by atoms with van der Waals surface area (Å²) in [4.78, 5) is 32.8. The number of nitrogens with zero attached hydrogens (tertiary/aromatic N) is 2. The smallest absolute Gasteiger partial charge is 0.255 e. The molecule has 1 aliphatic rings. The number of ketones is 1. The lowest BCUT2D eigenvalue weighted by Gasteiger charge is -2.35. The Kier molecular flexibility index (Phi) is 5.34. The van der Waals surface area contributed by atoms with Crippen LogP contribution in [0.1, 0.15) is 28.3 Å². The third kappa shape index (κ3) is 4.07. The number of benzene rings is 2. The fraction of sp³-hybridized carbons (Fsp3) is 0.154. The van der Waals surface area contributed by atoms with Gasteiger partial charge < -0.3 is 10.6 Å². The molecule has 4 aromatic rings. The molecule has 0 spiro atoms. The molecular weight excluding hydrogens is 400 g/mol. The largest absolute Gasteiger partial charge is 0.384 e. The van der Waals surface area contributed by atoms with Gasteiger partial charge in [0.25, 0.3) is 5.91 Å². The number of hydrogen-bond acceptors (Lipinski definition) is 5. The first-order valence-corrected chi connectivity index (χ1v) is 10.6. The molecule has 0 saturated heterocycles. The number of rotatable bonds is 6. The zero-order valence-corrected chi connectivity index (χ0v) is 17.4. The second-order valence-electron chi connectivity index (χ2n) is 8.01. The average Bonchev–Trinajstić information content (AvgIpc) is 2.83. The van der Waals surface area contributed by atoms with Crippen molar-refractivity contribution in [1.82, 2.24) is 9.97 Å². The Hall–Kier alpha value is -4.06. The van der Waals surface area contributed by atoms with E-state index < -0.39 is 0 Å². The Labute approximate surface area is 185 Å². The van der Waals surface area contributed by atoms with Crippen molar-refractivity contribution < 1.29 is 9.59 Å². The van der Waals surface area contributed by atoms with E-state index in [0.717, 1.165) is 22.0 Å². The molecule has 1 fully saturated rings. The highest BCUT2D eigenvalue weighted by atomic mass is 16.1. The Bertz CT molecular complexity index is 1270. The van der Waals surface area contributed by atoms with Crippen molar-refractivity contribution in [2.45, 2.75) is 12.3 Å². The minimum Gasteiger partial charge on any atom is -0.384 e. The molecule has 2 atom stereocenters. The highest BCUT2D eigenvalue weighted by molar-refractivity contribution is 6.04. The third-order valence-corrected chi connectivity index (χ3v) is 6.03. The van der Waals surface area contributed by atoms with Crippen LogP contribution in [0.3, 0.4) is 0 Å². The second kappa shape index (κ2) is 8.59. The number of anilines is 2. The van der Waals surface area contributed by atoms with Gasteiger partial charge in [0.15, 0.2) is 0 Å². The molecule has 2 unspecified atom stereocenters. The first-order chi connectivity index (χ1) is 15.7. The summed E-state index contributed by atoms with van der Waals surface area (Å²) in [5, 5.41) is 8.47. The molecule has 158 valence electrons. The number of Topliss-reactive ketones (excluding diaryl/α,β-unsaturated/α-hetero) is 1. The second-order valence-corrected chi connectivity index (χ2v) is 8.01. The van der Waals surface area contributed by atoms with Gasteiger partial charge in [0.1, 0.15) is 5.78 Å². The molecule has 2 aromatic heterocycles. The van der Waals surface area contributed by atoms with Crippen LogP contribution in [-0.4, -0.2) is 28.2 Å². The van der Waals surface area contributed by atoms with Gasteiger partial charge in [-0.05, 0) is 53.4 Å². The van der Waals surface area contributed by atoms with Gasteiger partial charge in [0.05, 0.1) is 0 Å². The topological polar surface area (TPSA) is 84.0 Å². The van der Waals surface area contributed by atoms with E-state index in [1.54, 1.807) is 30.7 Å². The maximum atomic E-state index is 12.4. The molecule has 6 heteroatoms. The van der Waals surface area contributed by atoms with E-state index in [-0.39, 0.29) is 23.5 Å². The lowest BCUT2D eigenvalue weighted by Crippen LogP contribution is -2.40. The van der Waals surface area contributed by atoms with Crippen LogP contribution >= 0.6 is 0 Å². The van der Waals surface area contributed by atoms with Crippen LogP contribution in [0.25, 0.3) is 10.8 Å². The third-order valence-electron chi connectivity index (χ3n) is 6.03. The molecule has 1 saturated carbocycles. The molecule has 0 bridgehead atoms. The van der Waals surface area contributed by atoms with Gasteiger partial charge in [0, 0.05) is 71.9 Å². The first kappa shape index (κ1) is 19.9. The van der Waals surface area contributed by atoms with E-state index >= 15 is 0 Å². The molecule has 2 heterocycles. The molecule has 1 aliphatic carbocycles. The minimum absolute atomic E-state index is 0.0698. The predicted molar refractivity (Wildman–Crippen MR) is 125 cm³/mol. The van der Waals surface area contributed by atoms with Crippen LogP contribution < -0.4 is 10.6 Å². The van der Waals surface area contributed by atoms with Gasteiger partial charge >= 0.3 is 0 Å². The zero-order valence-electron chi connectivity index (χ0n) is 17.4. The van der Waals surface area contributed by atoms with Crippen molar-refractivity contribution in [3.8, 4) is 0 Å². The molecule has 6 nitrogen and oxygen atoms in total. The fourth-order valence-electron chi connectivity index (χ4n) is 4.12. The van der Waals surface area contributed by atoms with E-state index in [0.29, 0.717) is 24.2 Å². The lowest BCUT2D eigenvalue weighted by atomic mass is 9.68. The number of carbonyl (C=O) groups excluding carboxylic acids is 2. The summed E-state index contributed by atoms with van der Waals surface area (Å²) >= 11 is 0. The number of nitrogens with one attached hydrogen (secondary N) is 2. The van der Waals surface area contributed by atoms with Crippen molar-refractivity contribution in [1.29, 1.82) is 0 Å². The Morgan fingerprint density at radius 1 is 0.875 bits per heavy atom. The number of hydrogen-bond donors (Lipinski definition) is 2. The molecule has 32 heavy (non-hydrogen) atoms. The summed E-state index contributed by atoms with van der Waals surface area (Å²) < 4.78 is 0. The standard InChI is InChI=1S/C26H22N4O2/c31-25-14-23(24(25)16-29-22-6-5-20-15-28-10-7-19(20)13-22)17-1-3-18(4-2-17)26(32)30-21-8-11-27-12-9-21/h1-13,15,23-24,29H,14,16H2,(H,27,30,32). The highest BCUT2D eigenvalue weighted by Crippen LogP contribution is 2.40. The molecule has 0 radical (unpaired) electrons. The van der Waals surface area contributed by atoms with Crippen molar-refractivity contribution >= 4 is 33.8 Å². The van der Waals surface area contributed by atoms with E-state index in [9.17, 15) is 9.59 Å². The monoisotopic (exact) mass is 422 g/mol. The molecule has 1 amide bonds. The summed E-state index contributed by atoms with van der Waals surface area (Å²) in [5.41, 5.74) is 3.36. The Balaban J connectivity index is 1.23. The van der Waals surface area contributed by atoms with Gasteiger partial charge in [-0.1, -0.05) is 18.2 Å². The van der Waals surface area contributed by atoms with Gasteiger partial charge in [0.2, 0.25) is 0 Å². The van der Waals surface area contributed by atoms with Crippen molar-refractivity contribution in [2.75, 3.05) is 17.2 Å². The summed E-state index contributed by atoms with van der Waals surface area (Å²) in [6, 6.07) is 19.1. The van der Waals surface area contributed by atoms with Crippen molar-refractivity contribution in [2.24, 2.45) is 5.92 Å². The SMILES string of the molecule is O=C(Nc1ccncc1)c1ccc(C2CC(=O)C2CNc2ccc3cnccc3c2)cc1. The van der Waals surface area contributed by atoms with E-state index in [2.05, 4.69) is 26.7 Å². The van der Waals surface area contributed by atoms with Crippen LogP contribution in [0.4, 0.5) is 11.4 Å². The molecule has 0 aliphatic heterocycles. The van der Waals surface area contributed by atoms with Crippen LogP contribution in [-0.2, 0) is 4.79 Å². The number of aromatic nitrogens is 2. The highest BCUT2D eigenvalue weighted by Gasteiger charge is 2.40. The van der Waals surface area contributed by atoms with Crippen LogP contribution in [0.2, 0.25) is 0 Å². The normalized spacial score (nSPS) is 17.6. The van der Waals surface area contributed by atoms with Crippen molar-refractivity contribution in [3.63, 3.8) is 0 Å². The lowest BCUT2D eigenvalue weighted by molar-refractivity contribution is -0.130. The molecule has 2 N–H and O–H groups in total. The maximum Gasteiger partial charge on any atom is 0.255 e. The number of pyridine rings is 2. The van der Waals surface area contributed by atoms with E-state index in [1.165, 1.54) is 0 Å². The molecular formula is C26H22N4O2. The molecule has 2 aromatic carbocycles. The maximum absolute atomic E-state index is 12.4. The predicted octanol–water partition coefficient (Wildman–Crippen LogP) is 4.67. The summed E-state index contributed by atoms with van der Waals surface area (Å²) in [6.07, 6.45) is 7.42. The number of amides is 1. The quantitative estimate of drug-likeness (QED) is 0.472. The van der Waals surface area contributed by atoms with Gasteiger partial charge in [-0.2, -0.15) is 0 Å². The average molecular weight is 422 g/mol. The van der Waals surface area contributed by atoms with Crippen LogP contribution in [0.5, 0.6) is 0 Å². The molecule has 5 rings (SSSR count). The summed E-state index contributed by atoms with van der Waals surface area (Å²) in [5.74, 6) is 0.195. The van der Waals surface area contributed by atoms with Crippen LogP contribution in [0.15, 0.2) is 85.5 Å². The van der Waals surface area contributed by atoms with Crippen LogP contribution in [0, 0.1) is 5.92 Å². The number of carbonyl (C=O) groups is 2. The van der Waals surface area contributed by atoms with Gasteiger partial charge in [-0.25, -0.2) is 0 Å². The summed E-state index contributed by atoms with van der Waals surface area (Å²) in [6.45, 7) is 0.588. The van der Waals surface area contributed by atoms with Gasteiger partial charge in [-0.3, -0.25) is 19.6 Å². The fourth-order valence-corrected chi connectivity index (χ4v) is 4.12. The van der Waals surface area contributed by atoms with E-state index in [4.69, 9.17) is 0 Å². The van der Waals surface area contributed by atoms with E-state index in [1.807, 2.05) is 48.7 Å².